The number of amides is 1. The molecule has 0 unspecified atom stereocenters. The number of rotatable bonds is 7. The monoisotopic (exact) mass is 471 g/mol. The zero-order chi connectivity index (χ0) is 23.3. The first-order valence-electron chi connectivity index (χ1n) is 9.61. The molecule has 1 N–H and O–H groups in total. The Kier molecular flexibility index (Phi) is 6.59. The Hall–Kier alpha value is -3.86. The van der Waals surface area contributed by atoms with E-state index >= 15 is 0 Å². The van der Waals surface area contributed by atoms with Crippen molar-refractivity contribution in [3.63, 3.8) is 0 Å². The Morgan fingerprint density at radius 1 is 0.970 bits per heavy atom. The van der Waals surface area contributed by atoms with Gasteiger partial charge in [-0.1, -0.05) is 30.3 Å². The molecule has 0 radical (unpaired) electrons. The van der Waals surface area contributed by atoms with Crippen LogP contribution in [-0.4, -0.2) is 32.5 Å². The van der Waals surface area contributed by atoms with E-state index in [4.69, 9.17) is 0 Å². The molecule has 1 aromatic heterocycles. The maximum absolute atomic E-state index is 12.8. The van der Waals surface area contributed by atoms with Crippen molar-refractivity contribution < 1.29 is 22.7 Å². The Morgan fingerprint density at radius 2 is 1.67 bits per heavy atom. The molecule has 0 aliphatic heterocycles. The number of tetrazole rings is 1. The number of hydrogen-bond acceptors (Lipinski definition) is 6. The lowest BCUT2D eigenvalue weighted by Crippen LogP contribution is -2.17. The molecular weight excluding hydrogens is 455 g/mol. The smallest absolute Gasteiger partial charge is 0.406 e. The molecule has 0 aliphatic carbocycles. The Balaban J connectivity index is 1.45. The lowest BCUT2D eigenvalue weighted by Gasteiger charge is -2.11. The highest BCUT2D eigenvalue weighted by Crippen LogP contribution is 2.28. The average molecular weight is 471 g/mol. The van der Waals surface area contributed by atoms with E-state index in [1.54, 1.807) is 22.9 Å². The predicted molar refractivity (Wildman–Crippen MR) is 116 cm³/mol. The number of ether oxygens (including phenoxy) is 1. The number of alkyl halides is 3. The molecule has 0 fully saturated rings. The second-order valence-corrected chi connectivity index (χ2v) is 7.67. The summed E-state index contributed by atoms with van der Waals surface area (Å²) in [7, 11) is 0. The molecule has 0 atom stereocenters. The zero-order valence-corrected chi connectivity index (χ0v) is 17.7. The summed E-state index contributed by atoms with van der Waals surface area (Å²) in [6, 6.07) is 21.4. The lowest BCUT2D eigenvalue weighted by atomic mass is 10.2. The van der Waals surface area contributed by atoms with E-state index < -0.39 is 12.3 Å². The fourth-order valence-corrected chi connectivity index (χ4v) is 3.88. The number of benzene rings is 3. The first-order valence-corrected chi connectivity index (χ1v) is 10.6. The summed E-state index contributed by atoms with van der Waals surface area (Å²) >= 11 is 1.39. The lowest BCUT2D eigenvalue weighted by molar-refractivity contribution is -0.274. The highest BCUT2D eigenvalue weighted by atomic mass is 32.2. The molecule has 0 saturated carbocycles. The molecule has 11 heteroatoms. The van der Waals surface area contributed by atoms with Crippen LogP contribution < -0.4 is 10.1 Å². The molecule has 7 nitrogen and oxygen atoms in total. The van der Waals surface area contributed by atoms with E-state index in [-0.39, 0.29) is 5.75 Å². The van der Waals surface area contributed by atoms with E-state index in [0.29, 0.717) is 27.7 Å². The molecule has 0 bridgehead atoms. The molecule has 0 spiro atoms. The van der Waals surface area contributed by atoms with Gasteiger partial charge >= 0.3 is 6.36 Å². The van der Waals surface area contributed by atoms with Crippen LogP contribution in [0.5, 0.6) is 5.75 Å². The van der Waals surface area contributed by atoms with Crippen molar-refractivity contribution in [3.05, 3.63) is 90.3 Å². The van der Waals surface area contributed by atoms with Crippen molar-refractivity contribution in [1.82, 2.24) is 20.2 Å². The number of aromatic nitrogens is 4. The van der Waals surface area contributed by atoms with Crippen LogP contribution >= 0.6 is 11.8 Å². The van der Waals surface area contributed by atoms with Crippen LogP contribution in [0.1, 0.15) is 16.2 Å². The van der Waals surface area contributed by atoms with Gasteiger partial charge in [0.15, 0.2) is 5.82 Å². The highest BCUT2D eigenvalue weighted by molar-refractivity contribution is 7.98. The highest BCUT2D eigenvalue weighted by Gasteiger charge is 2.31. The third-order valence-electron chi connectivity index (χ3n) is 4.37. The molecule has 1 amide bonds. The Bertz CT molecular complexity index is 1230. The molecule has 0 aliphatic rings. The number of nitrogens with one attached hydrogen (secondary N) is 1. The van der Waals surface area contributed by atoms with Gasteiger partial charge in [0.05, 0.1) is 17.0 Å². The maximum Gasteiger partial charge on any atom is 0.573 e. The third kappa shape index (κ3) is 5.89. The van der Waals surface area contributed by atoms with E-state index in [0.717, 1.165) is 17.8 Å². The minimum Gasteiger partial charge on any atom is -0.406 e. The number of para-hydroxylation sites is 1. The van der Waals surface area contributed by atoms with E-state index in [2.05, 4.69) is 25.6 Å². The quantitative estimate of drug-likeness (QED) is 0.378. The summed E-state index contributed by atoms with van der Waals surface area (Å²) in [6.07, 6.45) is -4.78. The van der Waals surface area contributed by atoms with E-state index in [1.165, 1.54) is 23.9 Å². The van der Waals surface area contributed by atoms with Gasteiger partial charge in [0, 0.05) is 10.6 Å². The van der Waals surface area contributed by atoms with Crippen molar-refractivity contribution in [2.45, 2.75) is 17.0 Å². The van der Waals surface area contributed by atoms with Gasteiger partial charge < -0.3 is 10.1 Å². The van der Waals surface area contributed by atoms with Crippen LogP contribution in [0.2, 0.25) is 0 Å². The minimum atomic E-state index is -4.78. The summed E-state index contributed by atoms with van der Waals surface area (Å²) < 4.78 is 42.4. The van der Waals surface area contributed by atoms with Crippen LogP contribution in [0.15, 0.2) is 83.8 Å². The van der Waals surface area contributed by atoms with Crippen molar-refractivity contribution >= 4 is 23.4 Å². The molecule has 3 aromatic carbocycles. The first-order chi connectivity index (χ1) is 15.9. The Labute approximate surface area is 190 Å². The first kappa shape index (κ1) is 22.3. The summed E-state index contributed by atoms with van der Waals surface area (Å²) in [4.78, 5) is 13.5. The van der Waals surface area contributed by atoms with Gasteiger partial charge in [-0.25, -0.2) is 0 Å². The van der Waals surface area contributed by atoms with Gasteiger partial charge in [-0.3, -0.25) is 4.79 Å². The van der Waals surface area contributed by atoms with Gasteiger partial charge in [-0.15, -0.1) is 30.0 Å². The van der Waals surface area contributed by atoms with Gasteiger partial charge in [-0.2, -0.15) is 4.68 Å². The maximum atomic E-state index is 12.8. The second-order valence-electron chi connectivity index (χ2n) is 6.65. The summed E-state index contributed by atoms with van der Waals surface area (Å²) in [5, 5.41) is 14.5. The van der Waals surface area contributed by atoms with E-state index in [1.807, 2.05) is 36.4 Å². The number of carbonyl (C=O) groups is 1. The van der Waals surface area contributed by atoms with Crippen LogP contribution in [0.3, 0.4) is 0 Å². The van der Waals surface area contributed by atoms with Crippen LogP contribution in [0.25, 0.3) is 5.69 Å². The predicted octanol–water partition coefficient (Wildman–Crippen LogP) is 5.11. The topological polar surface area (TPSA) is 81.9 Å². The normalized spacial score (nSPS) is 11.2. The van der Waals surface area contributed by atoms with E-state index in [9.17, 15) is 18.0 Å². The number of hydrogen-bond donors (Lipinski definition) is 1. The number of halogens is 3. The summed E-state index contributed by atoms with van der Waals surface area (Å²) in [6.45, 7) is 0. The third-order valence-corrected chi connectivity index (χ3v) is 5.44. The average Bonchev–Trinajstić information content (AvgIpc) is 3.27. The fourth-order valence-electron chi connectivity index (χ4n) is 2.93. The van der Waals surface area contributed by atoms with Crippen molar-refractivity contribution in [2.24, 2.45) is 0 Å². The molecule has 4 rings (SSSR count). The molecule has 1 heterocycles. The zero-order valence-electron chi connectivity index (χ0n) is 16.9. The standard InChI is InChI=1S/C22H16F3N5O2S/c23-22(24,25)32-17-12-10-15(11-13-17)26-21(31)18-8-4-5-9-19(18)33-14-20-27-28-29-30(20)16-6-2-1-3-7-16/h1-13H,14H2,(H,26,31). The van der Waals surface area contributed by atoms with Crippen molar-refractivity contribution in [3.8, 4) is 11.4 Å². The number of nitrogens with zero attached hydrogens (tertiary/aromatic N) is 4. The van der Waals surface area contributed by atoms with Gasteiger partial charge in [0.25, 0.3) is 5.91 Å². The Morgan fingerprint density at radius 3 is 2.39 bits per heavy atom. The van der Waals surface area contributed by atoms with Gasteiger partial charge in [0.1, 0.15) is 5.75 Å². The van der Waals surface area contributed by atoms with Crippen LogP contribution in [0.4, 0.5) is 18.9 Å². The number of carbonyl (C=O) groups excluding carboxylic acids is 1. The van der Waals surface area contributed by atoms with Crippen LogP contribution in [0, 0.1) is 0 Å². The van der Waals surface area contributed by atoms with Crippen molar-refractivity contribution in [1.29, 1.82) is 0 Å². The van der Waals surface area contributed by atoms with Crippen molar-refractivity contribution in [2.75, 3.05) is 5.32 Å². The second kappa shape index (κ2) is 9.74. The van der Waals surface area contributed by atoms with Gasteiger partial charge in [-0.05, 0) is 59.0 Å². The molecule has 168 valence electrons. The molecule has 33 heavy (non-hydrogen) atoms. The number of anilines is 1. The SMILES string of the molecule is O=C(Nc1ccc(OC(F)(F)F)cc1)c1ccccc1SCc1nnnn1-c1ccccc1. The molecule has 0 saturated heterocycles. The molecular formula is C22H16F3N5O2S. The fraction of sp³-hybridized carbons (Fsp3) is 0.0909. The summed E-state index contributed by atoms with van der Waals surface area (Å²) in [5.41, 5.74) is 1.57. The number of thioether (sulfide) groups is 1. The van der Waals surface area contributed by atoms with Crippen LogP contribution in [-0.2, 0) is 5.75 Å². The largest absolute Gasteiger partial charge is 0.573 e. The van der Waals surface area contributed by atoms with Gasteiger partial charge in [0.2, 0.25) is 0 Å². The summed E-state index contributed by atoms with van der Waals surface area (Å²) in [5.74, 6) is 0.259. The molecule has 4 aromatic rings. The minimum absolute atomic E-state index is 0.336.